The van der Waals surface area contributed by atoms with Gasteiger partial charge in [-0.15, -0.1) is 11.3 Å². The van der Waals surface area contributed by atoms with Crippen LogP contribution in [0, 0.1) is 13.8 Å². The van der Waals surface area contributed by atoms with Gasteiger partial charge in [0.1, 0.15) is 4.83 Å². The lowest BCUT2D eigenvalue weighted by atomic mass is 10.1. The van der Waals surface area contributed by atoms with Gasteiger partial charge in [-0.2, -0.15) is 0 Å². The Morgan fingerprint density at radius 1 is 1.22 bits per heavy atom. The van der Waals surface area contributed by atoms with E-state index >= 15 is 0 Å². The first-order valence-electron chi connectivity index (χ1n) is 8.12. The number of carbonyl (C=O) groups is 1. The molecular weight excluding hydrogens is 386 g/mol. The van der Waals surface area contributed by atoms with Crippen LogP contribution >= 0.6 is 11.3 Å². The molecule has 2 aromatic heterocycles. The van der Waals surface area contributed by atoms with Crippen molar-refractivity contribution in [3.63, 3.8) is 0 Å². The first kappa shape index (κ1) is 19.2. The number of carbonyl (C=O) groups excluding carboxylic acids is 1. The summed E-state index contributed by atoms with van der Waals surface area (Å²) in [6.45, 7) is 3.68. The highest BCUT2D eigenvalue weighted by molar-refractivity contribution is 7.92. The number of rotatable bonds is 5. The van der Waals surface area contributed by atoms with Crippen LogP contribution in [0.3, 0.4) is 0 Å². The number of nitrogens with zero attached hydrogens (tertiary/aromatic N) is 3. The van der Waals surface area contributed by atoms with Gasteiger partial charge in [0.05, 0.1) is 30.2 Å². The summed E-state index contributed by atoms with van der Waals surface area (Å²) in [7, 11) is -1.93. The van der Waals surface area contributed by atoms with Crippen molar-refractivity contribution < 1.29 is 13.2 Å². The van der Waals surface area contributed by atoms with Crippen LogP contribution in [0.5, 0.6) is 0 Å². The second-order valence-corrected chi connectivity index (χ2v) is 9.56. The third-order valence-electron chi connectivity index (χ3n) is 4.52. The minimum absolute atomic E-state index is 0.128. The summed E-state index contributed by atoms with van der Waals surface area (Å²) < 4.78 is 25.6. The molecule has 0 saturated carbocycles. The van der Waals surface area contributed by atoms with Gasteiger partial charge in [0.15, 0.2) is 5.78 Å². The SMILES string of the molecule is Cc1sc2ncn(CC(=O)c3ccc(N(C)S(C)(=O)=O)cc3)c(=O)c2c1C. The zero-order valence-corrected chi connectivity index (χ0v) is 17.0. The number of thiophene rings is 1. The normalized spacial score (nSPS) is 11.7. The van der Waals surface area contributed by atoms with Crippen LogP contribution in [0.1, 0.15) is 20.8 Å². The van der Waals surface area contributed by atoms with Gasteiger partial charge in [0.25, 0.3) is 5.56 Å². The number of ketones is 1. The van der Waals surface area contributed by atoms with Crippen LogP contribution in [-0.2, 0) is 16.6 Å². The fraction of sp³-hybridized carbons (Fsp3) is 0.278. The maximum atomic E-state index is 12.7. The molecule has 0 bridgehead atoms. The summed E-state index contributed by atoms with van der Waals surface area (Å²) in [5, 5.41) is 0.554. The lowest BCUT2D eigenvalue weighted by Crippen LogP contribution is -2.25. The number of aryl methyl sites for hydroxylation is 2. The smallest absolute Gasteiger partial charge is 0.262 e. The van der Waals surface area contributed by atoms with E-state index in [0.717, 1.165) is 21.0 Å². The van der Waals surface area contributed by atoms with Crippen LogP contribution in [0.15, 0.2) is 35.4 Å². The molecule has 3 rings (SSSR count). The maximum Gasteiger partial charge on any atom is 0.262 e. The van der Waals surface area contributed by atoms with E-state index in [4.69, 9.17) is 0 Å². The van der Waals surface area contributed by atoms with Crippen LogP contribution in [0.4, 0.5) is 5.69 Å². The molecule has 2 heterocycles. The number of anilines is 1. The molecule has 0 atom stereocenters. The van der Waals surface area contributed by atoms with Crippen LogP contribution in [0.2, 0.25) is 0 Å². The van der Waals surface area contributed by atoms with Gasteiger partial charge in [-0.1, -0.05) is 0 Å². The van der Waals surface area contributed by atoms with E-state index in [1.54, 1.807) is 24.3 Å². The number of Topliss-reactive ketones (excluding diaryl/α,β-unsaturated/α-hetero) is 1. The summed E-state index contributed by atoms with van der Waals surface area (Å²) >= 11 is 1.46. The molecule has 9 heteroatoms. The quantitative estimate of drug-likeness (QED) is 0.608. The van der Waals surface area contributed by atoms with Crippen molar-refractivity contribution in [3.8, 4) is 0 Å². The van der Waals surface area contributed by atoms with E-state index in [9.17, 15) is 18.0 Å². The number of fused-ring (bicyclic) bond motifs is 1. The molecule has 0 amide bonds. The third kappa shape index (κ3) is 3.65. The minimum Gasteiger partial charge on any atom is -0.292 e. The second-order valence-electron chi connectivity index (χ2n) is 6.34. The summed E-state index contributed by atoms with van der Waals surface area (Å²) in [6.07, 6.45) is 2.50. The lowest BCUT2D eigenvalue weighted by Gasteiger charge is -2.16. The molecule has 7 nitrogen and oxygen atoms in total. The number of benzene rings is 1. The Balaban J connectivity index is 1.88. The van der Waals surface area contributed by atoms with Gasteiger partial charge in [0.2, 0.25) is 10.0 Å². The van der Waals surface area contributed by atoms with Crippen molar-refractivity contribution in [2.45, 2.75) is 20.4 Å². The van der Waals surface area contributed by atoms with Crippen molar-refractivity contribution in [3.05, 3.63) is 57.0 Å². The van der Waals surface area contributed by atoms with Crippen molar-refractivity contribution >= 4 is 43.0 Å². The largest absolute Gasteiger partial charge is 0.292 e. The van der Waals surface area contributed by atoms with Gasteiger partial charge in [-0.3, -0.25) is 18.5 Å². The van der Waals surface area contributed by atoms with E-state index in [1.165, 1.54) is 29.3 Å². The monoisotopic (exact) mass is 405 g/mol. The van der Waals surface area contributed by atoms with Crippen molar-refractivity contribution in [2.24, 2.45) is 0 Å². The van der Waals surface area contributed by atoms with Crippen molar-refractivity contribution in [1.82, 2.24) is 9.55 Å². The van der Waals surface area contributed by atoms with Gasteiger partial charge in [-0.05, 0) is 43.7 Å². The van der Waals surface area contributed by atoms with Crippen LogP contribution < -0.4 is 9.86 Å². The summed E-state index contributed by atoms with van der Waals surface area (Å²) in [5.74, 6) is -0.253. The molecule has 142 valence electrons. The summed E-state index contributed by atoms with van der Waals surface area (Å²) in [4.78, 5) is 31.2. The molecule has 0 fully saturated rings. The Kier molecular flexibility index (Phi) is 4.92. The predicted octanol–water partition coefficient (Wildman–Crippen LogP) is 2.35. The molecule has 0 aliphatic carbocycles. The van der Waals surface area contributed by atoms with Crippen LogP contribution in [-0.4, -0.2) is 37.1 Å². The molecule has 0 radical (unpaired) electrons. The Hall–Kier alpha value is -2.52. The standard InChI is InChI=1S/C18H19N3O4S2/c1-11-12(2)26-17-16(11)18(23)21(10-19-17)9-15(22)13-5-7-14(8-6-13)20(3)27(4,24)25/h5-8,10H,9H2,1-4H3. The highest BCUT2D eigenvalue weighted by Crippen LogP contribution is 2.25. The third-order valence-corrected chi connectivity index (χ3v) is 6.84. The number of hydrogen-bond acceptors (Lipinski definition) is 6. The Morgan fingerprint density at radius 2 is 1.85 bits per heavy atom. The number of aromatic nitrogens is 2. The van der Waals surface area contributed by atoms with E-state index in [-0.39, 0.29) is 17.9 Å². The first-order chi connectivity index (χ1) is 12.6. The second kappa shape index (κ2) is 6.90. The van der Waals surface area contributed by atoms with E-state index in [0.29, 0.717) is 21.5 Å². The molecular formula is C18H19N3O4S2. The fourth-order valence-electron chi connectivity index (χ4n) is 2.68. The molecule has 0 saturated heterocycles. The summed E-state index contributed by atoms with van der Waals surface area (Å²) in [6, 6.07) is 6.22. The molecule has 0 aliphatic rings. The predicted molar refractivity (Wildman–Crippen MR) is 107 cm³/mol. The number of hydrogen-bond donors (Lipinski definition) is 0. The average molecular weight is 406 g/mol. The van der Waals surface area contributed by atoms with Gasteiger partial charge in [0, 0.05) is 17.5 Å². The van der Waals surface area contributed by atoms with Gasteiger partial charge in [-0.25, -0.2) is 13.4 Å². The molecule has 3 aromatic rings. The van der Waals surface area contributed by atoms with Gasteiger partial charge >= 0.3 is 0 Å². The first-order valence-corrected chi connectivity index (χ1v) is 10.8. The highest BCUT2D eigenvalue weighted by atomic mass is 32.2. The Labute approximate surface area is 160 Å². The topological polar surface area (TPSA) is 89.3 Å². The zero-order chi connectivity index (χ0) is 19.9. The Bertz CT molecular complexity index is 1190. The maximum absolute atomic E-state index is 12.7. The number of sulfonamides is 1. The Morgan fingerprint density at radius 3 is 2.44 bits per heavy atom. The fourth-order valence-corrected chi connectivity index (χ4v) is 4.17. The minimum atomic E-state index is -3.37. The molecule has 0 spiro atoms. The van der Waals surface area contributed by atoms with Crippen LogP contribution in [0.25, 0.3) is 10.2 Å². The van der Waals surface area contributed by atoms with Crippen molar-refractivity contribution in [1.29, 1.82) is 0 Å². The average Bonchev–Trinajstić information content (AvgIpc) is 2.91. The van der Waals surface area contributed by atoms with Crippen molar-refractivity contribution in [2.75, 3.05) is 17.6 Å². The molecule has 0 unspecified atom stereocenters. The molecule has 27 heavy (non-hydrogen) atoms. The molecule has 0 aliphatic heterocycles. The van der Waals surface area contributed by atoms with E-state index in [2.05, 4.69) is 4.98 Å². The van der Waals surface area contributed by atoms with E-state index in [1.807, 2.05) is 13.8 Å². The van der Waals surface area contributed by atoms with Gasteiger partial charge < -0.3 is 0 Å². The molecule has 1 aromatic carbocycles. The summed E-state index contributed by atoms with van der Waals surface area (Å²) in [5.41, 5.74) is 1.51. The lowest BCUT2D eigenvalue weighted by molar-refractivity contribution is 0.0970. The zero-order valence-electron chi connectivity index (χ0n) is 15.4. The molecule has 0 N–H and O–H groups in total. The highest BCUT2D eigenvalue weighted by Gasteiger charge is 2.16. The van der Waals surface area contributed by atoms with E-state index < -0.39 is 10.0 Å².